The maximum atomic E-state index is 13.5. The minimum absolute atomic E-state index is 0.00561. The quantitative estimate of drug-likeness (QED) is 0.466. The molecule has 2 amide bonds. The van der Waals surface area contributed by atoms with Gasteiger partial charge in [0.25, 0.3) is 5.91 Å². The van der Waals surface area contributed by atoms with E-state index in [1.807, 2.05) is 73.3 Å². The normalized spacial score (nSPS) is 14.5. The number of anilines is 1. The molecular formula is C28H28N4O2. The monoisotopic (exact) mass is 452 g/mol. The zero-order valence-corrected chi connectivity index (χ0v) is 19.5. The average Bonchev–Trinajstić information content (AvgIpc) is 2.86. The minimum atomic E-state index is -0.0294. The molecule has 1 saturated heterocycles. The topological polar surface area (TPSA) is 65.5 Å². The summed E-state index contributed by atoms with van der Waals surface area (Å²) in [4.78, 5) is 34.6. The number of aryl methyl sites for hydroxylation is 1. The van der Waals surface area contributed by atoms with Gasteiger partial charge in [-0.05, 0) is 53.9 Å². The summed E-state index contributed by atoms with van der Waals surface area (Å²) in [6.07, 6.45) is 1.74. The standard InChI is InChI=1S/C28H28N4O2/c1-19-7-5-11-25(20(19)2)30-26(33)18-31-13-15-32(16-14-31)28(34)24-17-21-8-3-4-9-22(21)23-10-6-12-29-27(23)24/h3-12,17H,13-16,18H2,1-2H3,(H,30,33). The summed E-state index contributed by atoms with van der Waals surface area (Å²) in [6.45, 7) is 6.84. The van der Waals surface area contributed by atoms with Gasteiger partial charge in [0.2, 0.25) is 5.91 Å². The molecule has 0 aliphatic carbocycles. The van der Waals surface area contributed by atoms with Crippen LogP contribution < -0.4 is 5.32 Å². The van der Waals surface area contributed by atoms with E-state index in [1.54, 1.807) is 6.20 Å². The number of amides is 2. The average molecular weight is 453 g/mol. The van der Waals surface area contributed by atoms with E-state index in [2.05, 4.69) is 21.3 Å². The molecule has 4 aromatic rings. The van der Waals surface area contributed by atoms with Crippen molar-refractivity contribution in [3.8, 4) is 0 Å². The van der Waals surface area contributed by atoms with E-state index in [-0.39, 0.29) is 11.8 Å². The van der Waals surface area contributed by atoms with Crippen molar-refractivity contribution in [3.63, 3.8) is 0 Å². The number of pyridine rings is 1. The van der Waals surface area contributed by atoms with Crippen molar-refractivity contribution in [2.75, 3.05) is 38.0 Å². The van der Waals surface area contributed by atoms with Gasteiger partial charge in [0.1, 0.15) is 0 Å². The first-order chi connectivity index (χ1) is 16.5. The molecule has 1 aliphatic rings. The van der Waals surface area contributed by atoms with E-state index in [4.69, 9.17) is 0 Å². The lowest BCUT2D eigenvalue weighted by atomic mass is 10.00. The molecule has 1 aliphatic heterocycles. The number of hydrogen-bond donors (Lipinski definition) is 1. The van der Waals surface area contributed by atoms with Crippen LogP contribution in [-0.2, 0) is 4.79 Å². The number of fused-ring (bicyclic) bond motifs is 3. The number of benzene rings is 3. The molecule has 172 valence electrons. The maximum Gasteiger partial charge on any atom is 0.256 e. The predicted molar refractivity (Wildman–Crippen MR) is 136 cm³/mol. The Hall–Kier alpha value is -3.77. The highest BCUT2D eigenvalue weighted by atomic mass is 16.2. The third-order valence-corrected chi connectivity index (χ3v) is 6.75. The van der Waals surface area contributed by atoms with Gasteiger partial charge in [-0.1, -0.05) is 42.5 Å². The molecule has 0 radical (unpaired) electrons. The lowest BCUT2D eigenvalue weighted by molar-refractivity contribution is -0.117. The van der Waals surface area contributed by atoms with Crippen molar-refractivity contribution >= 4 is 39.2 Å². The van der Waals surface area contributed by atoms with Gasteiger partial charge in [-0.3, -0.25) is 19.5 Å². The first-order valence-corrected chi connectivity index (χ1v) is 11.7. The van der Waals surface area contributed by atoms with Gasteiger partial charge in [0.15, 0.2) is 0 Å². The molecule has 6 nitrogen and oxygen atoms in total. The van der Waals surface area contributed by atoms with Gasteiger partial charge in [0.05, 0.1) is 17.6 Å². The third-order valence-electron chi connectivity index (χ3n) is 6.75. The third kappa shape index (κ3) is 4.24. The Bertz CT molecular complexity index is 1390. The SMILES string of the molecule is Cc1cccc(NC(=O)CN2CCN(C(=O)c3cc4ccccc4c4cccnc34)CC2)c1C. The van der Waals surface area contributed by atoms with Gasteiger partial charge in [-0.25, -0.2) is 0 Å². The Labute approximate surface area is 199 Å². The molecule has 0 atom stereocenters. The molecule has 0 bridgehead atoms. The molecule has 0 saturated carbocycles. The van der Waals surface area contributed by atoms with Crippen molar-refractivity contribution in [1.29, 1.82) is 0 Å². The van der Waals surface area contributed by atoms with E-state index in [1.165, 1.54) is 0 Å². The van der Waals surface area contributed by atoms with Crippen molar-refractivity contribution in [3.05, 3.63) is 83.6 Å². The predicted octanol–water partition coefficient (Wildman–Crippen LogP) is 4.40. The number of piperazine rings is 1. The highest BCUT2D eigenvalue weighted by Crippen LogP contribution is 2.28. The molecule has 34 heavy (non-hydrogen) atoms. The Morgan fingerprint density at radius 2 is 1.68 bits per heavy atom. The summed E-state index contributed by atoms with van der Waals surface area (Å²) in [5, 5.41) is 6.15. The molecule has 0 unspecified atom stereocenters. The van der Waals surface area contributed by atoms with E-state index in [0.717, 1.165) is 38.5 Å². The van der Waals surface area contributed by atoms with Gasteiger partial charge in [-0.2, -0.15) is 0 Å². The molecule has 0 spiro atoms. The summed E-state index contributed by atoms with van der Waals surface area (Å²) in [5.41, 5.74) is 4.47. The number of carbonyl (C=O) groups is 2. The fourth-order valence-electron chi connectivity index (χ4n) is 4.65. The Morgan fingerprint density at radius 3 is 2.50 bits per heavy atom. The minimum Gasteiger partial charge on any atom is -0.336 e. The summed E-state index contributed by atoms with van der Waals surface area (Å²) in [7, 11) is 0. The molecule has 3 aromatic carbocycles. The first kappa shape index (κ1) is 22.0. The van der Waals surface area contributed by atoms with Crippen LogP contribution in [0, 0.1) is 13.8 Å². The Kier molecular flexibility index (Phi) is 5.99. The molecule has 1 fully saturated rings. The number of aromatic nitrogens is 1. The maximum absolute atomic E-state index is 13.5. The van der Waals surface area contributed by atoms with Crippen molar-refractivity contribution in [1.82, 2.24) is 14.8 Å². The smallest absolute Gasteiger partial charge is 0.256 e. The zero-order valence-electron chi connectivity index (χ0n) is 19.5. The Balaban J connectivity index is 1.27. The van der Waals surface area contributed by atoms with Gasteiger partial charge < -0.3 is 10.2 Å². The summed E-state index contributed by atoms with van der Waals surface area (Å²) < 4.78 is 0. The summed E-state index contributed by atoms with van der Waals surface area (Å²) >= 11 is 0. The second kappa shape index (κ2) is 9.23. The summed E-state index contributed by atoms with van der Waals surface area (Å²) in [5.74, 6) is -0.0351. The Morgan fingerprint density at radius 1 is 0.912 bits per heavy atom. The molecule has 1 aromatic heterocycles. The number of nitrogens with one attached hydrogen (secondary N) is 1. The van der Waals surface area contributed by atoms with Crippen LogP contribution >= 0.6 is 0 Å². The van der Waals surface area contributed by atoms with E-state index in [9.17, 15) is 9.59 Å². The molecular weight excluding hydrogens is 424 g/mol. The molecule has 6 heteroatoms. The van der Waals surface area contributed by atoms with Crippen LogP contribution in [0.4, 0.5) is 5.69 Å². The van der Waals surface area contributed by atoms with E-state index >= 15 is 0 Å². The highest BCUT2D eigenvalue weighted by Gasteiger charge is 2.25. The lowest BCUT2D eigenvalue weighted by Crippen LogP contribution is -2.50. The van der Waals surface area contributed by atoms with Crippen molar-refractivity contribution < 1.29 is 9.59 Å². The van der Waals surface area contributed by atoms with Crippen molar-refractivity contribution in [2.24, 2.45) is 0 Å². The first-order valence-electron chi connectivity index (χ1n) is 11.7. The second-order valence-electron chi connectivity index (χ2n) is 8.91. The van der Waals surface area contributed by atoms with Crippen LogP contribution in [0.5, 0.6) is 0 Å². The lowest BCUT2D eigenvalue weighted by Gasteiger charge is -2.34. The number of rotatable bonds is 4. The second-order valence-corrected chi connectivity index (χ2v) is 8.91. The van der Waals surface area contributed by atoms with Crippen LogP contribution in [0.25, 0.3) is 21.7 Å². The number of nitrogens with zero attached hydrogens (tertiary/aromatic N) is 3. The molecule has 5 rings (SSSR count). The van der Waals surface area contributed by atoms with Gasteiger partial charge >= 0.3 is 0 Å². The largest absolute Gasteiger partial charge is 0.336 e. The number of carbonyl (C=O) groups excluding carboxylic acids is 2. The van der Waals surface area contributed by atoms with Gasteiger partial charge in [0, 0.05) is 43.4 Å². The van der Waals surface area contributed by atoms with Crippen LogP contribution in [0.2, 0.25) is 0 Å². The van der Waals surface area contributed by atoms with Crippen molar-refractivity contribution in [2.45, 2.75) is 13.8 Å². The molecule has 1 N–H and O–H groups in total. The summed E-state index contributed by atoms with van der Waals surface area (Å²) in [6, 6.07) is 19.9. The zero-order chi connectivity index (χ0) is 23.7. The van der Waals surface area contributed by atoms with E-state index < -0.39 is 0 Å². The van der Waals surface area contributed by atoms with Crippen LogP contribution in [-0.4, -0.2) is 59.3 Å². The number of hydrogen-bond acceptors (Lipinski definition) is 4. The highest BCUT2D eigenvalue weighted by molar-refractivity contribution is 6.15. The van der Waals surface area contributed by atoms with Crippen LogP contribution in [0.15, 0.2) is 66.9 Å². The van der Waals surface area contributed by atoms with Crippen LogP contribution in [0.3, 0.4) is 0 Å². The molecule has 2 heterocycles. The fourth-order valence-corrected chi connectivity index (χ4v) is 4.65. The van der Waals surface area contributed by atoms with E-state index in [0.29, 0.717) is 38.3 Å². The fraction of sp³-hybridized carbons (Fsp3) is 0.250. The van der Waals surface area contributed by atoms with Crippen LogP contribution in [0.1, 0.15) is 21.5 Å². The van der Waals surface area contributed by atoms with Gasteiger partial charge in [-0.15, -0.1) is 0 Å².